The Kier molecular flexibility index (Phi) is 9.40. The van der Waals surface area contributed by atoms with E-state index < -0.39 is 0 Å². The number of rotatable bonds is 8. The van der Waals surface area contributed by atoms with Gasteiger partial charge in [-0.1, -0.05) is 68.0 Å². The average molecular weight is 669 g/mol. The first-order chi connectivity index (χ1) is 23.3. The van der Waals surface area contributed by atoms with Crippen molar-refractivity contribution >= 4 is 34.8 Å². The summed E-state index contributed by atoms with van der Waals surface area (Å²) in [5.41, 5.74) is 7.80. The van der Waals surface area contributed by atoms with Crippen LogP contribution in [0.1, 0.15) is 88.1 Å². The summed E-state index contributed by atoms with van der Waals surface area (Å²) in [5.74, 6) is 1.09. The van der Waals surface area contributed by atoms with Crippen LogP contribution in [-0.2, 0) is 40.0 Å². The fourth-order valence-electron chi connectivity index (χ4n) is 7.73. The van der Waals surface area contributed by atoms with Gasteiger partial charge in [0.05, 0.1) is 22.1 Å². The number of nitrogens with one attached hydrogen (secondary N) is 3. The van der Waals surface area contributed by atoms with Crippen LogP contribution in [0.5, 0.6) is 0 Å². The number of fused-ring (bicyclic) bond motifs is 2. The molecule has 10 nitrogen and oxygen atoms in total. The quantitative estimate of drug-likeness (QED) is 0.205. The van der Waals surface area contributed by atoms with E-state index in [-0.39, 0.29) is 11.8 Å². The van der Waals surface area contributed by atoms with Gasteiger partial charge in [-0.05, 0) is 49.1 Å². The molecule has 2 aliphatic heterocycles. The van der Waals surface area contributed by atoms with Crippen LogP contribution in [0, 0.1) is 12.8 Å². The number of carbonyl (C=O) groups excluding carboxylic acids is 2. The molecule has 1 fully saturated rings. The van der Waals surface area contributed by atoms with Crippen molar-refractivity contribution < 1.29 is 9.59 Å². The summed E-state index contributed by atoms with van der Waals surface area (Å²) >= 11 is 6.98. The zero-order chi connectivity index (χ0) is 33.4. The lowest BCUT2D eigenvalue weighted by Crippen LogP contribution is -2.33. The van der Waals surface area contributed by atoms with E-state index in [9.17, 15) is 9.59 Å². The maximum absolute atomic E-state index is 13.6. The number of hydrogen-bond donors (Lipinski definition) is 3. The molecule has 1 saturated carbocycles. The molecule has 2 aromatic carbocycles. The third-order valence-electron chi connectivity index (χ3n) is 10.6. The first-order valence-corrected chi connectivity index (χ1v) is 17.7. The molecule has 0 unspecified atom stereocenters. The number of benzene rings is 2. The van der Waals surface area contributed by atoms with E-state index in [2.05, 4.69) is 25.8 Å². The maximum Gasteiger partial charge on any atom is 0.291 e. The van der Waals surface area contributed by atoms with Gasteiger partial charge in [-0.15, -0.1) is 0 Å². The average Bonchev–Trinajstić information content (AvgIpc) is 3.62. The van der Waals surface area contributed by atoms with Crippen molar-refractivity contribution in [2.45, 2.75) is 71.4 Å². The van der Waals surface area contributed by atoms with Gasteiger partial charge in [-0.3, -0.25) is 14.5 Å². The number of carbonyl (C=O) groups is 2. The second-order valence-corrected chi connectivity index (χ2v) is 14.0. The first kappa shape index (κ1) is 32.6. The lowest BCUT2D eigenvalue weighted by atomic mass is 9.87. The SMILES string of the molecule is Cc1c(NC(=O)c2nc3c(n2C)CCNC3)cccc1-c1cccc(NC(=O)c2nc3c(n2C)CCN(CCC2CCCCC2)C3)c1Cl. The molecule has 0 saturated heterocycles. The summed E-state index contributed by atoms with van der Waals surface area (Å²) in [7, 11) is 3.82. The van der Waals surface area contributed by atoms with Crippen molar-refractivity contribution in [1.82, 2.24) is 29.3 Å². The molecule has 1 aliphatic carbocycles. The molecular weight excluding hydrogens is 624 g/mol. The molecule has 3 N–H and O–H groups in total. The van der Waals surface area contributed by atoms with E-state index in [0.717, 1.165) is 84.4 Å². The molecule has 2 amide bonds. The number of halogens is 1. The molecule has 4 heterocycles. The predicted molar refractivity (Wildman–Crippen MR) is 190 cm³/mol. The van der Waals surface area contributed by atoms with Crippen LogP contribution in [0.25, 0.3) is 11.1 Å². The van der Waals surface area contributed by atoms with Crippen molar-refractivity contribution in [3.63, 3.8) is 0 Å². The largest absolute Gasteiger partial charge is 0.327 e. The summed E-state index contributed by atoms with van der Waals surface area (Å²) in [6.07, 6.45) is 9.84. The van der Waals surface area contributed by atoms with Crippen LogP contribution in [0.15, 0.2) is 36.4 Å². The van der Waals surface area contributed by atoms with Crippen molar-refractivity contribution in [1.29, 1.82) is 0 Å². The number of hydrogen-bond acceptors (Lipinski definition) is 6. The van der Waals surface area contributed by atoms with Gasteiger partial charge in [-0.25, -0.2) is 9.97 Å². The lowest BCUT2D eigenvalue weighted by molar-refractivity contribution is 0.100. The predicted octanol–water partition coefficient (Wildman–Crippen LogP) is 6.26. The number of imidazole rings is 2. The third-order valence-corrected chi connectivity index (χ3v) is 11.0. The highest BCUT2D eigenvalue weighted by atomic mass is 35.5. The Morgan fingerprint density at radius 2 is 1.52 bits per heavy atom. The van der Waals surface area contributed by atoms with Gasteiger partial charge < -0.3 is 25.1 Å². The standard InChI is InChI=1S/C37H45ClN8O2/c1-23-25(11-7-13-27(23)42-36(47)34-40-29-21-39-18-15-31(29)44(34)2)26-12-8-14-28(33(26)38)43-37(48)35-41-30-22-46(20-17-32(30)45(35)3)19-16-24-9-5-4-6-10-24/h7-8,11-14,24,39H,4-6,9-10,15-22H2,1-3H3,(H,42,47)(H,43,48). The van der Waals surface area contributed by atoms with Crippen molar-refractivity contribution in [2.24, 2.45) is 20.0 Å². The molecule has 4 aromatic rings. The molecular formula is C37H45ClN8O2. The van der Waals surface area contributed by atoms with E-state index in [1.165, 1.54) is 38.5 Å². The molecule has 11 heteroatoms. The Balaban J connectivity index is 1.05. The smallest absolute Gasteiger partial charge is 0.291 e. The molecule has 3 aliphatic rings. The van der Waals surface area contributed by atoms with Gasteiger partial charge in [0.2, 0.25) is 0 Å². The van der Waals surface area contributed by atoms with E-state index >= 15 is 0 Å². The Labute approximate surface area is 287 Å². The highest BCUT2D eigenvalue weighted by Crippen LogP contribution is 2.38. The van der Waals surface area contributed by atoms with E-state index in [1.54, 1.807) is 6.07 Å². The lowest BCUT2D eigenvalue weighted by Gasteiger charge is -2.29. The molecule has 2 aromatic heterocycles. The summed E-state index contributed by atoms with van der Waals surface area (Å²) < 4.78 is 3.83. The third kappa shape index (κ3) is 6.41. The molecule has 252 valence electrons. The van der Waals surface area contributed by atoms with Gasteiger partial charge in [-0.2, -0.15) is 0 Å². The Bertz CT molecular complexity index is 1850. The molecule has 48 heavy (non-hydrogen) atoms. The monoisotopic (exact) mass is 668 g/mol. The van der Waals surface area contributed by atoms with Gasteiger partial charge >= 0.3 is 0 Å². The highest BCUT2D eigenvalue weighted by Gasteiger charge is 2.27. The van der Waals surface area contributed by atoms with Crippen LogP contribution < -0.4 is 16.0 Å². The first-order valence-electron chi connectivity index (χ1n) is 17.3. The Hall–Kier alpha value is -3.99. The van der Waals surface area contributed by atoms with Crippen LogP contribution >= 0.6 is 11.6 Å². The van der Waals surface area contributed by atoms with E-state index in [4.69, 9.17) is 16.6 Å². The summed E-state index contributed by atoms with van der Waals surface area (Å²) in [6, 6.07) is 11.3. The van der Waals surface area contributed by atoms with Gasteiger partial charge in [0, 0.05) is 75.8 Å². The zero-order valence-corrected chi connectivity index (χ0v) is 28.9. The van der Waals surface area contributed by atoms with Crippen molar-refractivity contribution in [3.8, 4) is 11.1 Å². The summed E-state index contributed by atoms with van der Waals surface area (Å²) in [6.45, 7) is 6.36. The summed E-state index contributed by atoms with van der Waals surface area (Å²) in [4.78, 5) is 38.9. The second-order valence-electron chi connectivity index (χ2n) is 13.6. The number of nitrogens with zero attached hydrogens (tertiary/aromatic N) is 5. The normalized spacial score (nSPS) is 16.8. The second kappa shape index (κ2) is 13.9. The highest BCUT2D eigenvalue weighted by molar-refractivity contribution is 6.36. The molecule has 0 spiro atoms. The fraction of sp³-hybridized carbons (Fsp3) is 0.459. The van der Waals surface area contributed by atoms with Crippen LogP contribution in [0.3, 0.4) is 0 Å². The van der Waals surface area contributed by atoms with Crippen LogP contribution in [-0.4, -0.2) is 55.5 Å². The Morgan fingerprint density at radius 3 is 2.25 bits per heavy atom. The molecule has 0 radical (unpaired) electrons. The maximum atomic E-state index is 13.6. The van der Waals surface area contributed by atoms with Gasteiger partial charge in [0.15, 0.2) is 11.6 Å². The van der Waals surface area contributed by atoms with Crippen LogP contribution in [0.2, 0.25) is 5.02 Å². The topological polar surface area (TPSA) is 109 Å². The van der Waals surface area contributed by atoms with E-state index in [1.807, 2.05) is 60.5 Å². The molecule has 0 atom stereocenters. The van der Waals surface area contributed by atoms with Gasteiger partial charge in [0.25, 0.3) is 11.8 Å². The number of amides is 2. The minimum absolute atomic E-state index is 0.260. The zero-order valence-electron chi connectivity index (χ0n) is 28.2. The van der Waals surface area contributed by atoms with Gasteiger partial charge in [0.1, 0.15) is 0 Å². The van der Waals surface area contributed by atoms with Crippen LogP contribution in [0.4, 0.5) is 11.4 Å². The number of anilines is 2. The minimum atomic E-state index is -0.287. The summed E-state index contributed by atoms with van der Waals surface area (Å²) in [5, 5.41) is 9.83. The number of aromatic nitrogens is 4. The Morgan fingerprint density at radius 1 is 0.875 bits per heavy atom. The minimum Gasteiger partial charge on any atom is -0.327 e. The van der Waals surface area contributed by atoms with Crippen molar-refractivity contribution in [3.05, 3.63) is 81.4 Å². The molecule has 7 rings (SSSR count). The fourth-order valence-corrected chi connectivity index (χ4v) is 8.01. The molecule has 0 bridgehead atoms. The van der Waals surface area contributed by atoms with E-state index in [0.29, 0.717) is 34.6 Å². The van der Waals surface area contributed by atoms with Crippen molar-refractivity contribution in [2.75, 3.05) is 30.3 Å².